The second kappa shape index (κ2) is 9.02. The highest BCUT2D eigenvalue weighted by Gasteiger charge is 2.39. The number of hydrogen-bond acceptors (Lipinski definition) is 3. The average molecular weight is 458 g/mol. The Balaban J connectivity index is 2.04. The molecule has 4 nitrogen and oxygen atoms in total. The molecule has 156 valence electrons. The minimum Gasteiger partial charge on any atom is -0.353 e. The van der Waals surface area contributed by atoms with E-state index in [4.69, 9.17) is 23.2 Å². The lowest BCUT2D eigenvalue weighted by Crippen LogP contribution is -2.40. The van der Waals surface area contributed by atoms with Crippen molar-refractivity contribution in [3.05, 3.63) is 63.9 Å². The van der Waals surface area contributed by atoms with E-state index in [1.54, 1.807) is 0 Å². The molecule has 1 amide bonds. The molecule has 0 heterocycles. The van der Waals surface area contributed by atoms with Gasteiger partial charge in [-0.2, -0.15) is 0 Å². The number of benzene rings is 2. The Bertz CT molecular complexity index is 989. The van der Waals surface area contributed by atoms with Gasteiger partial charge in [-0.05, 0) is 55.3 Å². The molecule has 2 aromatic rings. The zero-order valence-electron chi connectivity index (χ0n) is 15.9. The molecule has 1 fully saturated rings. The van der Waals surface area contributed by atoms with E-state index in [0.29, 0.717) is 5.02 Å². The largest absolute Gasteiger partial charge is 0.353 e. The molecule has 0 bridgehead atoms. The van der Waals surface area contributed by atoms with Crippen molar-refractivity contribution < 1.29 is 17.6 Å². The lowest BCUT2D eigenvalue weighted by molar-refractivity contribution is -0.125. The highest BCUT2D eigenvalue weighted by molar-refractivity contribution is 7.91. The first kappa shape index (κ1) is 22.1. The molecule has 1 aliphatic carbocycles. The Morgan fingerprint density at radius 3 is 2.28 bits per heavy atom. The molecule has 29 heavy (non-hydrogen) atoms. The fraction of sp³-hybridized carbons (Fsp3) is 0.381. The lowest BCUT2D eigenvalue weighted by Gasteiger charge is -2.26. The van der Waals surface area contributed by atoms with Crippen LogP contribution in [0, 0.1) is 11.7 Å². The van der Waals surface area contributed by atoms with Gasteiger partial charge in [0.15, 0.2) is 9.84 Å². The van der Waals surface area contributed by atoms with Crippen molar-refractivity contribution in [3.63, 3.8) is 0 Å². The van der Waals surface area contributed by atoms with E-state index in [-0.39, 0.29) is 21.5 Å². The lowest BCUT2D eigenvalue weighted by atomic mass is 9.98. The molecule has 2 atom stereocenters. The van der Waals surface area contributed by atoms with Crippen LogP contribution in [-0.2, 0) is 14.6 Å². The summed E-state index contributed by atoms with van der Waals surface area (Å²) in [7, 11) is -4.11. The van der Waals surface area contributed by atoms with Gasteiger partial charge in [-0.15, -0.1) is 0 Å². The van der Waals surface area contributed by atoms with Crippen LogP contribution in [0.1, 0.15) is 43.4 Å². The van der Waals surface area contributed by atoms with Gasteiger partial charge in [0.2, 0.25) is 5.91 Å². The minimum absolute atomic E-state index is 0.0213. The Morgan fingerprint density at radius 2 is 1.66 bits per heavy atom. The van der Waals surface area contributed by atoms with Gasteiger partial charge in [0.1, 0.15) is 11.1 Å². The molecule has 0 aliphatic heterocycles. The van der Waals surface area contributed by atoms with Crippen LogP contribution in [0.3, 0.4) is 0 Å². The molecule has 0 spiro atoms. The zero-order chi connectivity index (χ0) is 21.2. The van der Waals surface area contributed by atoms with Crippen molar-refractivity contribution in [2.24, 2.45) is 5.92 Å². The van der Waals surface area contributed by atoms with Crippen LogP contribution in [0.2, 0.25) is 10.0 Å². The molecule has 3 rings (SSSR count). The monoisotopic (exact) mass is 457 g/mol. The second-order valence-electron chi connectivity index (χ2n) is 7.36. The molecule has 0 saturated heterocycles. The molecule has 2 unspecified atom stereocenters. The van der Waals surface area contributed by atoms with Crippen molar-refractivity contribution in [3.8, 4) is 0 Å². The van der Waals surface area contributed by atoms with E-state index < -0.39 is 32.7 Å². The number of carbonyl (C=O) groups is 1. The maximum atomic E-state index is 14.7. The van der Waals surface area contributed by atoms with E-state index in [2.05, 4.69) is 5.32 Å². The molecular formula is C21H22Cl2FNO3S. The van der Waals surface area contributed by atoms with Crippen molar-refractivity contribution in [1.82, 2.24) is 5.32 Å². The number of sulfone groups is 1. The first-order chi connectivity index (χ1) is 13.7. The summed E-state index contributed by atoms with van der Waals surface area (Å²) in [4.78, 5) is 12.9. The molecule has 1 aliphatic rings. The van der Waals surface area contributed by atoms with Gasteiger partial charge in [-0.3, -0.25) is 4.79 Å². The third-order valence-corrected chi connectivity index (χ3v) is 8.06. The van der Waals surface area contributed by atoms with Gasteiger partial charge >= 0.3 is 0 Å². The summed E-state index contributed by atoms with van der Waals surface area (Å²) in [5.74, 6) is -2.17. The minimum atomic E-state index is -4.11. The number of hydrogen-bond donors (Lipinski definition) is 1. The topological polar surface area (TPSA) is 63.2 Å². The third-order valence-electron chi connectivity index (χ3n) is 5.31. The SMILES string of the molecule is CC(C(=O)NC1CCCC1)C(c1cc(Cl)ccc1F)S(=O)(=O)c1ccc(Cl)cc1. The highest BCUT2D eigenvalue weighted by Crippen LogP contribution is 2.38. The first-order valence-corrected chi connectivity index (χ1v) is 11.7. The van der Waals surface area contributed by atoms with E-state index in [1.807, 2.05) is 0 Å². The molecular weight excluding hydrogens is 436 g/mol. The molecule has 0 radical (unpaired) electrons. The van der Waals surface area contributed by atoms with Gasteiger partial charge < -0.3 is 5.32 Å². The summed E-state index contributed by atoms with van der Waals surface area (Å²) < 4.78 is 41.6. The van der Waals surface area contributed by atoms with Gasteiger partial charge in [0.05, 0.1) is 10.8 Å². The summed E-state index contributed by atoms with van der Waals surface area (Å²) in [6.07, 6.45) is 3.76. The predicted molar refractivity (Wildman–Crippen MR) is 112 cm³/mol. The van der Waals surface area contributed by atoms with Crippen LogP contribution in [0.25, 0.3) is 0 Å². The molecule has 2 aromatic carbocycles. The maximum Gasteiger partial charge on any atom is 0.224 e. The summed E-state index contributed by atoms with van der Waals surface area (Å²) in [6, 6.07) is 9.36. The average Bonchev–Trinajstić information content (AvgIpc) is 3.18. The summed E-state index contributed by atoms with van der Waals surface area (Å²) in [5.41, 5.74) is -0.124. The van der Waals surface area contributed by atoms with E-state index >= 15 is 0 Å². The summed E-state index contributed by atoms with van der Waals surface area (Å²) in [6.45, 7) is 1.50. The number of rotatable bonds is 6. The molecule has 0 aromatic heterocycles. The van der Waals surface area contributed by atoms with Gasteiger partial charge in [0.25, 0.3) is 0 Å². The van der Waals surface area contributed by atoms with Crippen LogP contribution in [0.15, 0.2) is 47.4 Å². The maximum absolute atomic E-state index is 14.7. The highest BCUT2D eigenvalue weighted by atomic mass is 35.5. The third kappa shape index (κ3) is 4.93. The van der Waals surface area contributed by atoms with Gasteiger partial charge in [-0.1, -0.05) is 43.0 Å². The zero-order valence-corrected chi connectivity index (χ0v) is 18.2. The van der Waals surface area contributed by atoms with Crippen LogP contribution < -0.4 is 5.32 Å². The summed E-state index contributed by atoms with van der Waals surface area (Å²) >= 11 is 11.9. The quantitative estimate of drug-likeness (QED) is 0.636. The Hall–Kier alpha value is -1.63. The number of amides is 1. The fourth-order valence-electron chi connectivity index (χ4n) is 3.75. The fourth-order valence-corrected chi connectivity index (χ4v) is 6.04. The number of nitrogens with one attached hydrogen (secondary N) is 1. The number of halogens is 3. The first-order valence-electron chi connectivity index (χ1n) is 9.45. The van der Waals surface area contributed by atoms with Gasteiger partial charge in [0, 0.05) is 21.7 Å². The Labute approximate surface area is 180 Å². The Kier molecular flexibility index (Phi) is 6.87. The molecule has 1 saturated carbocycles. The predicted octanol–water partition coefficient (Wildman–Crippen LogP) is 5.34. The Morgan fingerprint density at radius 1 is 1.07 bits per heavy atom. The summed E-state index contributed by atoms with van der Waals surface area (Å²) in [5, 5.41) is 2.06. The van der Waals surface area contributed by atoms with Crippen LogP contribution in [0.4, 0.5) is 4.39 Å². The molecule has 8 heteroatoms. The van der Waals surface area contributed by atoms with Crippen molar-refractivity contribution in [1.29, 1.82) is 0 Å². The van der Waals surface area contributed by atoms with Crippen molar-refractivity contribution >= 4 is 38.9 Å². The standard InChI is InChI=1S/C21H22Cl2FNO3S/c1-13(21(26)25-16-4-2-3-5-16)20(18-12-15(23)8-11-19(18)24)29(27,28)17-9-6-14(22)7-10-17/h6-13,16,20H,2-5H2,1H3,(H,25,26). The normalized spacial score (nSPS) is 17.1. The smallest absolute Gasteiger partial charge is 0.224 e. The van der Waals surface area contributed by atoms with Crippen molar-refractivity contribution in [2.75, 3.05) is 0 Å². The number of carbonyl (C=O) groups excluding carboxylic acids is 1. The van der Waals surface area contributed by atoms with Crippen LogP contribution >= 0.6 is 23.2 Å². The van der Waals surface area contributed by atoms with E-state index in [9.17, 15) is 17.6 Å². The van der Waals surface area contributed by atoms with Crippen LogP contribution in [0.5, 0.6) is 0 Å². The van der Waals surface area contributed by atoms with Gasteiger partial charge in [-0.25, -0.2) is 12.8 Å². The second-order valence-corrected chi connectivity index (χ2v) is 10.3. The van der Waals surface area contributed by atoms with Crippen molar-refractivity contribution in [2.45, 2.75) is 48.8 Å². The van der Waals surface area contributed by atoms with Crippen LogP contribution in [-0.4, -0.2) is 20.4 Å². The molecule has 1 N–H and O–H groups in total. The van der Waals surface area contributed by atoms with E-state index in [0.717, 1.165) is 31.7 Å². The van der Waals surface area contributed by atoms with E-state index in [1.165, 1.54) is 43.3 Å².